The molecule has 0 saturated carbocycles. The van der Waals surface area contributed by atoms with E-state index in [1.807, 2.05) is 24.5 Å². The molecule has 31 heavy (non-hydrogen) atoms. The third-order valence-corrected chi connectivity index (χ3v) is 5.67. The second kappa shape index (κ2) is 10.2. The molecule has 2 aromatic carbocycles. The highest BCUT2D eigenvalue weighted by atomic mass is 32.2. The van der Waals surface area contributed by atoms with Crippen LogP contribution >= 0.6 is 11.8 Å². The molecular weight excluding hydrogens is 417 g/mol. The first-order valence-electron chi connectivity index (χ1n) is 9.87. The quantitative estimate of drug-likeness (QED) is 0.517. The molecule has 3 rings (SSSR count). The minimum absolute atomic E-state index is 0.0961. The summed E-state index contributed by atoms with van der Waals surface area (Å²) in [5, 5.41) is 14.6. The highest BCUT2D eigenvalue weighted by Gasteiger charge is 2.20. The van der Waals surface area contributed by atoms with Gasteiger partial charge in [-0.05, 0) is 45.0 Å². The number of hydrogen-bond acceptors (Lipinski definition) is 5. The number of nitrogens with one attached hydrogen (secondary N) is 2. The fourth-order valence-corrected chi connectivity index (χ4v) is 3.83. The summed E-state index contributed by atoms with van der Waals surface area (Å²) < 4.78 is 15.5. The first-order chi connectivity index (χ1) is 14.9. The molecule has 0 aliphatic heterocycles. The van der Waals surface area contributed by atoms with Gasteiger partial charge in [0.05, 0.1) is 11.8 Å². The molecule has 0 aliphatic rings. The lowest BCUT2D eigenvalue weighted by Crippen LogP contribution is -2.28. The van der Waals surface area contributed by atoms with E-state index in [4.69, 9.17) is 0 Å². The summed E-state index contributed by atoms with van der Waals surface area (Å²) in [6.07, 6.45) is 0. The first-order valence-corrected chi connectivity index (χ1v) is 10.9. The van der Waals surface area contributed by atoms with Crippen LogP contribution in [0, 0.1) is 12.7 Å². The summed E-state index contributed by atoms with van der Waals surface area (Å²) >= 11 is 1.23. The predicted octanol–water partition coefficient (Wildman–Crippen LogP) is 3.97. The van der Waals surface area contributed by atoms with Gasteiger partial charge in [0, 0.05) is 23.4 Å². The van der Waals surface area contributed by atoms with Crippen molar-refractivity contribution < 1.29 is 14.0 Å². The van der Waals surface area contributed by atoms with Crippen LogP contribution in [0.5, 0.6) is 0 Å². The van der Waals surface area contributed by atoms with Crippen molar-refractivity contribution in [3.63, 3.8) is 0 Å². The number of aromatic nitrogens is 3. The summed E-state index contributed by atoms with van der Waals surface area (Å²) in [5.74, 6) is -0.129. The van der Waals surface area contributed by atoms with Gasteiger partial charge < -0.3 is 15.2 Å². The maximum absolute atomic E-state index is 13.6. The number of nitrogens with zero attached hydrogens (tertiary/aromatic N) is 3. The Balaban J connectivity index is 1.63. The Morgan fingerprint density at radius 3 is 2.58 bits per heavy atom. The number of amides is 2. The van der Waals surface area contributed by atoms with Crippen LogP contribution in [0.15, 0.2) is 53.7 Å². The van der Waals surface area contributed by atoms with Gasteiger partial charge in [0.15, 0.2) is 11.0 Å². The number of carbonyl (C=O) groups excluding carboxylic acids is 2. The van der Waals surface area contributed by atoms with Crippen molar-refractivity contribution in [2.24, 2.45) is 0 Å². The average molecular weight is 442 g/mol. The highest BCUT2D eigenvalue weighted by molar-refractivity contribution is 7.99. The van der Waals surface area contributed by atoms with Crippen molar-refractivity contribution in [2.45, 2.75) is 38.5 Å². The molecule has 1 atom stereocenters. The maximum atomic E-state index is 13.6. The lowest BCUT2D eigenvalue weighted by Gasteiger charge is -2.15. The van der Waals surface area contributed by atoms with Crippen LogP contribution in [-0.4, -0.2) is 32.3 Å². The molecule has 0 radical (unpaired) electrons. The zero-order valence-electron chi connectivity index (χ0n) is 17.6. The highest BCUT2D eigenvalue weighted by Crippen LogP contribution is 2.22. The zero-order chi connectivity index (χ0) is 22.4. The number of halogens is 1. The van der Waals surface area contributed by atoms with Gasteiger partial charge in [-0.15, -0.1) is 10.2 Å². The molecule has 0 fully saturated rings. The van der Waals surface area contributed by atoms with Gasteiger partial charge in [-0.25, -0.2) is 4.39 Å². The third-order valence-electron chi connectivity index (χ3n) is 4.71. The van der Waals surface area contributed by atoms with Crippen LogP contribution in [-0.2, 0) is 11.3 Å². The number of hydrogen-bond donors (Lipinski definition) is 2. The largest absolute Gasteiger partial charge is 0.342 e. The monoisotopic (exact) mass is 441 g/mol. The summed E-state index contributed by atoms with van der Waals surface area (Å²) in [4.78, 5) is 24.7. The summed E-state index contributed by atoms with van der Waals surface area (Å²) in [6, 6.07) is 13.1. The van der Waals surface area contributed by atoms with Crippen molar-refractivity contribution in [2.75, 3.05) is 11.1 Å². The van der Waals surface area contributed by atoms with Gasteiger partial charge in [-0.1, -0.05) is 36.0 Å². The van der Waals surface area contributed by atoms with Gasteiger partial charge in [-0.2, -0.15) is 0 Å². The first kappa shape index (κ1) is 22.5. The number of carbonyl (C=O) groups is 2. The Morgan fingerprint density at radius 2 is 1.87 bits per heavy atom. The summed E-state index contributed by atoms with van der Waals surface area (Å²) in [6.45, 7) is 5.98. The Kier molecular flexibility index (Phi) is 7.41. The maximum Gasteiger partial charge on any atom is 0.251 e. The normalized spacial score (nSPS) is 11.7. The number of thioether (sulfide) groups is 1. The Bertz CT molecular complexity index is 1070. The van der Waals surface area contributed by atoms with E-state index < -0.39 is 0 Å². The standard InChI is InChI=1S/C22H24FN5O2S/c1-4-28-20(15(3)24-21(30)16-9-6-5-7-10-16)26-27-22(28)31-13-19(29)25-18-12-8-11-17(23)14(18)2/h5-12,15H,4,13H2,1-3H3,(H,24,30)(H,25,29)/t15-/m0/s1. The van der Waals surface area contributed by atoms with E-state index in [1.165, 1.54) is 17.8 Å². The van der Waals surface area contributed by atoms with E-state index in [0.717, 1.165) is 0 Å². The number of benzene rings is 2. The van der Waals surface area contributed by atoms with Crippen LogP contribution in [0.1, 0.15) is 41.6 Å². The molecule has 0 unspecified atom stereocenters. The third kappa shape index (κ3) is 5.49. The van der Waals surface area contributed by atoms with Crippen LogP contribution < -0.4 is 10.6 Å². The predicted molar refractivity (Wildman–Crippen MR) is 119 cm³/mol. The Hall–Kier alpha value is -3.20. The van der Waals surface area contributed by atoms with Gasteiger partial charge in [-0.3, -0.25) is 9.59 Å². The van der Waals surface area contributed by atoms with Crippen molar-refractivity contribution in [1.29, 1.82) is 0 Å². The minimum Gasteiger partial charge on any atom is -0.342 e. The second-order valence-corrected chi connectivity index (χ2v) is 7.84. The molecular formula is C22H24FN5O2S. The van der Waals surface area contributed by atoms with E-state index in [1.54, 1.807) is 43.3 Å². The average Bonchev–Trinajstić information content (AvgIpc) is 3.19. The van der Waals surface area contributed by atoms with Gasteiger partial charge >= 0.3 is 0 Å². The van der Waals surface area contributed by atoms with Gasteiger partial charge in [0.1, 0.15) is 5.82 Å². The van der Waals surface area contributed by atoms with Crippen LogP contribution in [0.4, 0.5) is 10.1 Å². The van der Waals surface area contributed by atoms with Crippen LogP contribution in [0.2, 0.25) is 0 Å². The van der Waals surface area contributed by atoms with Crippen molar-refractivity contribution in [3.05, 3.63) is 71.3 Å². The van der Waals surface area contributed by atoms with Crippen LogP contribution in [0.3, 0.4) is 0 Å². The number of rotatable bonds is 8. The SMILES string of the molecule is CCn1c(SCC(=O)Nc2cccc(F)c2C)nnc1[C@H](C)NC(=O)c1ccccc1. The fraction of sp³-hybridized carbons (Fsp3) is 0.273. The molecule has 162 valence electrons. The molecule has 7 nitrogen and oxygen atoms in total. The smallest absolute Gasteiger partial charge is 0.251 e. The molecule has 9 heteroatoms. The Labute approximate surface area is 184 Å². The van der Waals surface area contributed by atoms with Crippen molar-refractivity contribution >= 4 is 29.3 Å². The van der Waals surface area contributed by atoms with E-state index >= 15 is 0 Å². The topological polar surface area (TPSA) is 88.9 Å². The van der Waals surface area contributed by atoms with Gasteiger partial charge in [0.25, 0.3) is 5.91 Å². The fourth-order valence-electron chi connectivity index (χ4n) is 3.02. The second-order valence-electron chi connectivity index (χ2n) is 6.90. The van der Waals surface area contributed by atoms with Crippen molar-refractivity contribution in [3.8, 4) is 0 Å². The Morgan fingerprint density at radius 1 is 1.13 bits per heavy atom. The van der Waals surface area contributed by atoms with E-state index in [9.17, 15) is 14.0 Å². The molecule has 1 heterocycles. The number of anilines is 1. The molecule has 2 N–H and O–H groups in total. The molecule has 0 spiro atoms. The van der Waals surface area contributed by atoms with E-state index in [2.05, 4.69) is 20.8 Å². The lowest BCUT2D eigenvalue weighted by atomic mass is 10.2. The summed E-state index contributed by atoms with van der Waals surface area (Å²) in [5.41, 5.74) is 1.40. The molecule has 1 aromatic heterocycles. The van der Waals surface area contributed by atoms with E-state index in [0.29, 0.717) is 34.3 Å². The molecule has 0 bridgehead atoms. The summed E-state index contributed by atoms with van der Waals surface area (Å²) in [7, 11) is 0. The molecule has 0 saturated heterocycles. The zero-order valence-corrected chi connectivity index (χ0v) is 18.4. The van der Waals surface area contributed by atoms with E-state index in [-0.39, 0.29) is 29.4 Å². The molecule has 2 amide bonds. The minimum atomic E-state index is -0.368. The molecule has 3 aromatic rings. The van der Waals surface area contributed by atoms with Gasteiger partial charge in [0.2, 0.25) is 5.91 Å². The molecule has 0 aliphatic carbocycles. The van der Waals surface area contributed by atoms with Crippen molar-refractivity contribution in [1.82, 2.24) is 20.1 Å². The lowest BCUT2D eigenvalue weighted by molar-refractivity contribution is -0.113. The van der Waals surface area contributed by atoms with Crippen LogP contribution in [0.25, 0.3) is 0 Å².